The molecule has 0 bridgehead atoms. The fourth-order valence-corrected chi connectivity index (χ4v) is 4.23. The zero-order valence-corrected chi connectivity index (χ0v) is 19.6. The third-order valence-corrected chi connectivity index (χ3v) is 5.99. The Morgan fingerprint density at radius 2 is 1.78 bits per heavy atom. The van der Waals surface area contributed by atoms with Gasteiger partial charge in [-0.3, -0.25) is 9.48 Å². The second-order valence-corrected chi connectivity index (χ2v) is 8.57. The third kappa shape index (κ3) is 4.99. The van der Waals surface area contributed by atoms with Crippen LogP contribution >= 0.6 is 0 Å². The number of rotatable bonds is 5. The molecule has 1 N–H and O–H groups in total. The average Bonchev–Trinajstić information content (AvgIpc) is 3.56. The van der Waals surface area contributed by atoms with Crippen LogP contribution in [0.5, 0.6) is 0 Å². The molecule has 1 fully saturated rings. The lowest BCUT2D eigenvalue weighted by molar-refractivity contribution is -0.137. The summed E-state index contributed by atoms with van der Waals surface area (Å²) < 4.78 is 57.6. The van der Waals surface area contributed by atoms with Gasteiger partial charge in [-0.25, -0.2) is 19.3 Å². The number of nitrogens with one attached hydrogen (secondary N) is 1. The van der Waals surface area contributed by atoms with Crippen molar-refractivity contribution in [3.63, 3.8) is 0 Å². The van der Waals surface area contributed by atoms with Crippen molar-refractivity contribution >= 4 is 17.4 Å². The number of aromatic nitrogens is 5. The fraction of sp³-hybridized carbons (Fsp3) is 0.240. The number of pyridine rings is 1. The Balaban J connectivity index is 1.56. The highest BCUT2D eigenvalue weighted by Crippen LogP contribution is 2.38. The number of benzene rings is 1. The lowest BCUT2D eigenvalue weighted by Gasteiger charge is -2.21. The first-order chi connectivity index (χ1) is 17.7. The van der Waals surface area contributed by atoms with Gasteiger partial charge >= 0.3 is 6.18 Å². The molecule has 0 radical (unpaired) electrons. The Labute approximate surface area is 209 Å². The van der Waals surface area contributed by atoms with E-state index in [1.54, 1.807) is 36.3 Å². The van der Waals surface area contributed by atoms with Crippen molar-refractivity contribution in [3.8, 4) is 22.6 Å². The first-order valence-corrected chi connectivity index (χ1v) is 11.4. The molecule has 1 amide bonds. The van der Waals surface area contributed by atoms with Crippen LogP contribution in [0.15, 0.2) is 55.1 Å². The van der Waals surface area contributed by atoms with Crippen molar-refractivity contribution < 1.29 is 22.4 Å². The summed E-state index contributed by atoms with van der Waals surface area (Å²) in [6, 6.07) is 6.01. The first-order valence-electron chi connectivity index (χ1n) is 11.4. The van der Waals surface area contributed by atoms with Gasteiger partial charge in [-0.15, -0.1) is 0 Å². The van der Waals surface area contributed by atoms with Crippen LogP contribution in [0.3, 0.4) is 0 Å². The van der Waals surface area contributed by atoms with E-state index >= 15 is 0 Å². The van der Waals surface area contributed by atoms with E-state index in [4.69, 9.17) is 0 Å². The van der Waals surface area contributed by atoms with Gasteiger partial charge in [-0.1, -0.05) is 0 Å². The molecule has 1 saturated heterocycles. The molecule has 5 rings (SSSR count). The molecule has 0 saturated carbocycles. The second-order valence-electron chi connectivity index (χ2n) is 8.57. The minimum atomic E-state index is -4.88. The van der Waals surface area contributed by atoms with Gasteiger partial charge in [0.05, 0.1) is 22.5 Å². The van der Waals surface area contributed by atoms with Gasteiger partial charge in [0.2, 0.25) is 0 Å². The number of alkyl halides is 3. The van der Waals surface area contributed by atoms with Crippen LogP contribution < -0.4 is 10.2 Å². The smallest absolute Gasteiger partial charge is 0.355 e. The Hall–Kier alpha value is -4.35. The zero-order chi connectivity index (χ0) is 26.2. The topological polar surface area (TPSA) is 88.8 Å². The predicted molar refractivity (Wildman–Crippen MR) is 128 cm³/mol. The molecule has 0 spiro atoms. The van der Waals surface area contributed by atoms with Gasteiger partial charge < -0.3 is 10.2 Å². The van der Waals surface area contributed by atoms with Crippen LogP contribution in [-0.2, 0) is 13.2 Å². The van der Waals surface area contributed by atoms with Crippen molar-refractivity contribution in [2.45, 2.75) is 19.0 Å². The number of anilines is 2. The quantitative estimate of drug-likeness (QED) is 0.382. The van der Waals surface area contributed by atoms with Crippen molar-refractivity contribution in [3.05, 3.63) is 72.1 Å². The second kappa shape index (κ2) is 9.60. The van der Waals surface area contributed by atoms with E-state index in [0.29, 0.717) is 28.8 Å². The van der Waals surface area contributed by atoms with Crippen molar-refractivity contribution in [2.24, 2.45) is 7.05 Å². The van der Waals surface area contributed by atoms with Crippen LogP contribution in [0.4, 0.5) is 29.1 Å². The summed E-state index contributed by atoms with van der Waals surface area (Å²) in [5.74, 6) is -2.03. The minimum Gasteiger partial charge on any atom is -0.355 e. The standard InChI is InChI=1S/C25H21F4N7O/c1-35-10-5-20(34-35)15-11-21(23(32-14-15)36-8-2-3-9-36)33-24(37)17-12-16(22-30-6-4-7-31-22)18(13-19(17)26)25(27,28)29/h4-7,10-14H,2-3,8-9H2,1H3,(H,33,37). The lowest BCUT2D eigenvalue weighted by atomic mass is 10.0. The minimum absolute atomic E-state index is 0.277. The highest BCUT2D eigenvalue weighted by molar-refractivity contribution is 6.07. The predicted octanol–water partition coefficient (Wildman–Crippen LogP) is 4.95. The normalized spacial score (nSPS) is 13.7. The van der Waals surface area contributed by atoms with E-state index in [9.17, 15) is 22.4 Å². The van der Waals surface area contributed by atoms with Crippen LogP contribution in [0.1, 0.15) is 28.8 Å². The molecule has 4 heterocycles. The van der Waals surface area contributed by atoms with E-state index in [1.807, 2.05) is 4.90 Å². The Kier molecular flexibility index (Phi) is 6.32. The molecule has 0 atom stereocenters. The number of carbonyl (C=O) groups is 1. The fourth-order valence-electron chi connectivity index (χ4n) is 4.23. The maximum absolute atomic E-state index is 14.9. The summed E-state index contributed by atoms with van der Waals surface area (Å²) in [5.41, 5.74) is -0.824. The first kappa shape index (κ1) is 24.3. The highest BCUT2D eigenvalue weighted by Gasteiger charge is 2.36. The van der Waals surface area contributed by atoms with Crippen molar-refractivity contribution in [1.29, 1.82) is 0 Å². The molecular weight excluding hydrogens is 490 g/mol. The number of hydrogen-bond donors (Lipinski definition) is 1. The lowest BCUT2D eigenvalue weighted by Crippen LogP contribution is -2.23. The van der Waals surface area contributed by atoms with E-state index in [2.05, 4.69) is 25.4 Å². The SMILES string of the molecule is Cn1ccc(-c2cnc(N3CCCC3)c(NC(=O)c3cc(-c4ncccn4)c(C(F)(F)F)cc3F)c2)n1. The Morgan fingerprint density at radius 1 is 1.05 bits per heavy atom. The maximum atomic E-state index is 14.9. The molecule has 37 heavy (non-hydrogen) atoms. The summed E-state index contributed by atoms with van der Waals surface area (Å²) in [5, 5.41) is 7.01. The Bertz CT molecular complexity index is 1450. The Morgan fingerprint density at radius 3 is 2.43 bits per heavy atom. The molecule has 0 unspecified atom stereocenters. The van der Waals surface area contributed by atoms with E-state index in [0.717, 1.165) is 32.0 Å². The summed E-state index contributed by atoms with van der Waals surface area (Å²) in [4.78, 5) is 27.5. The largest absolute Gasteiger partial charge is 0.417 e. The van der Waals surface area contributed by atoms with Gasteiger partial charge in [0.15, 0.2) is 11.6 Å². The zero-order valence-electron chi connectivity index (χ0n) is 19.6. The van der Waals surface area contributed by atoms with Crippen LogP contribution in [-0.4, -0.2) is 43.7 Å². The van der Waals surface area contributed by atoms with Gasteiger partial charge in [0.1, 0.15) is 5.82 Å². The molecule has 1 aliphatic rings. The monoisotopic (exact) mass is 511 g/mol. The summed E-state index contributed by atoms with van der Waals surface area (Å²) in [6.07, 6.45) is 2.94. The summed E-state index contributed by atoms with van der Waals surface area (Å²) >= 11 is 0. The molecule has 190 valence electrons. The molecule has 1 aromatic carbocycles. The molecule has 1 aliphatic heterocycles. The highest BCUT2D eigenvalue weighted by atomic mass is 19.4. The number of nitrogens with zero attached hydrogens (tertiary/aromatic N) is 6. The average molecular weight is 511 g/mol. The van der Waals surface area contributed by atoms with Crippen LogP contribution in [0.25, 0.3) is 22.6 Å². The molecule has 3 aromatic heterocycles. The van der Waals surface area contributed by atoms with E-state index < -0.39 is 34.6 Å². The van der Waals surface area contributed by atoms with Gasteiger partial charge in [0.25, 0.3) is 5.91 Å². The molecular formula is C25H21F4N7O. The van der Waals surface area contributed by atoms with Crippen molar-refractivity contribution in [2.75, 3.05) is 23.3 Å². The van der Waals surface area contributed by atoms with Crippen LogP contribution in [0, 0.1) is 5.82 Å². The number of amides is 1. The molecule has 12 heteroatoms. The van der Waals surface area contributed by atoms with Gasteiger partial charge in [-0.2, -0.15) is 18.3 Å². The molecule has 8 nitrogen and oxygen atoms in total. The van der Waals surface area contributed by atoms with Crippen molar-refractivity contribution in [1.82, 2.24) is 24.7 Å². The maximum Gasteiger partial charge on any atom is 0.417 e. The van der Waals surface area contributed by atoms with Gasteiger partial charge in [0, 0.05) is 56.1 Å². The summed E-state index contributed by atoms with van der Waals surface area (Å²) in [6.45, 7) is 1.45. The summed E-state index contributed by atoms with van der Waals surface area (Å²) in [7, 11) is 1.76. The number of halogens is 4. The molecule has 0 aliphatic carbocycles. The number of carbonyl (C=O) groups excluding carboxylic acids is 1. The number of hydrogen-bond acceptors (Lipinski definition) is 6. The van der Waals surface area contributed by atoms with E-state index in [1.165, 1.54) is 18.5 Å². The molecule has 4 aromatic rings. The van der Waals surface area contributed by atoms with Crippen LogP contribution in [0.2, 0.25) is 0 Å². The number of aryl methyl sites for hydroxylation is 1. The van der Waals surface area contributed by atoms with Gasteiger partial charge in [-0.05, 0) is 43.2 Å². The van der Waals surface area contributed by atoms with E-state index in [-0.39, 0.29) is 5.82 Å². The third-order valence-electron chi connectivity index (χ3n) is 5.99.